The van der Waals surface area contributed by atoms with Crippen LogP contribution in [0.3, 0.4) is 0 Å². The molecule has 0 amide bonds. The summed E-state index contributed by atoms with van der Waals surface area (Å²) in [6.07, 6.45) is 8.49. The van der Waals surface area contributed by atoms with E-state index in [9.17, 15) is 0 Å². The van der Waals surface area contributed by atoms with E-state index in [0.717, 1.165) is 25.6 Å². The minimum Gasteiger partial charge on any atom is -0.356 e. The molecule has 0 aliphatic carbocycles. The first-order valence-corrected chi connectivity index (χ1v) is 8.08. The zero-order valence-corrected chi connectivity index (χ0v) is 15.7. The molecule has 20 heavy (non-hydrogen) atoms. The second-order valence-corrected chi connectivity index (χ2v) is 5.39. The highest BCUT2D eigenvalue weighted by Gasteiger charge is 1.98. The van der Waals surface area contributed by atoms with E-state index in [2.05, 4.69) is 27.0 Å². The Morgan fingerprint density at radius 3 is 2.70 bits per heavy atom. The standard InChI is InChI=1S/C13H25N5S.HI/c1-12-10-17-18(11-12)8-7-16-13(14-2)15-6-4-5-9-19-3;/h10-11H,4-9H2,1-3H3,(H2,14,15,16);1H. The van der Waals surface area contributed by atoms with Gasteiger partial charge in [0.15, 0.2) is 5.96 Å². The van der Waals surface area contributed by atoms with Gasteiger partial charge in [0.2, 0.25) is 0 Å². The zero-order valence-electron chi connectivity index (χ0n) is 12.6. The van der Waals surface area contributed by atoms with Crippen LogP contribution >= 0.6 is 35.7 Å². The van der Waals surface area contributed by atoms with Gasteiger partial charge >= 0.3 is 0 Å². The van der Waals surface area contributed by atoms with Crippen molar-refractivity contribution in [2.45, 2.75) is 26.3 Å². The van der Waals surface area contributed by atoms with E-state index in [4.69, 9.17) is 0 Å². The van der Waals surface area contributed by atoms with Crippen LogP contribution in [-0.2, 0) is 6.54 Å². The van der Waals surface area contributed by atoms with E-state index in [1.54, 1.807) is 7.05 Å². The van der Waals surface area contributed by atoms with Crippen molar-refractivity contribution in [1.82, 2.24) is 20.4 Å². The van der Waals surface area contributed by atoms with Gasteiger partial charge in [-0.3, -0.25) is 9.67 Å². The third-order valence-electron chi connectivity index (χ3n) is 2.69. The van der Waals surface area contributed by atoms with Crippen LogP contribution in [-0.4, -0.2) is 47.9 Å². The predicted molar refractivity (Wildman–Crippen MR) is 99.4 cm³/mol. The monoisotopic (exact) mass is 411 g/mol. The van der Waals surface area contributed by atoms with Gasteiger partial charge in [0.1, 0.15) is 0 Å². The van der Waals surface area contributed by atoms with Crippen LogP contribution in [0, 0.1) is 6.92 Å². The Bertz CT molecular complexity index is 381. The lowest BCUT2D eigenvalue weighted by Crippen LogP contribution is -2.39. The van der Waals surface area contributed by atoms with Gasteiger partial charge in [-0.2, -0.15) is 16.9 Å². The number of guanidine groups is 1. The lowest BCUT2D eigenvalue weighted by atomic mass is 10.3. The van der Waals surface area contributed by atoms with E-state index in [-0.39, 0.29) is 24.0 Å². The van der Waals surface area contributed by atoms with Gasteiger partial charge in [-0.25, -0.2) is 0 Å². The SMILES string of the molecule is CN=C(NCCCCSC)NCCn1cc(C)cn1.I. The molecular weight excluding hydrogens is 385 g/mol. The van der Waals surface area contributed by atoms with Crippen LogP contribution in [0.4, 0.5) is 0 Å². The molecule has 0 fully saturated rings. The van der Waals surface area contributed by atoms with Gasteiger partial charge in [-0.1, -0.05) is 0 Å². The second kappa shape index (κ2) is 12.3. The zero-order chi connectivity index (χ0) is 13.9. The van der Waals surface area contributed by atoms with Gasteiger partial charge in [-0.05, 0) is 37.3 Å². The molecule has 0 radical (unpaired) electrons. The Morgan fingerprint density at radius 1 is 1.35 bits per heavy atom. The average molecular weight is 411 g/mol. The average Bonchev–Trinajstić information content (AvgIpc) is 2.82. The highest BCUT2D eigenvalue weighted by molar-refractivity contribution is 14.0. The summed E-state index contributed by atoms with van der Waals surface area (Å²) in [7, 11) is 1.80. The Morgan fingerprint density at radius 2 is 2.10 bits per heavy atom. The molecule has 0 aliphatic heterocycles. The number of aromatic nitrogens is 2. The Hall–Kier alpha value is -0.440. The Balaban J connectivity index is 0.00000361. The minimum absolute atomic E-state index is 0. The van der Waals surface area contributed by atoms with Crippen molar-refractivity contribution >= 4 is 41.7 Å². The number of nitrogens with one attached hydrogen (secondary N) is 2. The van der Waals surface area contributed by atoms with E-state index in [1.807, 2.05) is 35.8 Å². The molecule has 0 saturated heterocycles. The molecule has 0 saturated carbocycles. The Kier molecular flexibility index (Phi) is 12.0. The van der Waals surface area contributed by atoms with Gasteiger partial charge in [0.25, 0.3) is 0 Å². The van der Waals surface area contributed by atoms with E-state index in [1.165, 1.54) is 24.2 Å². The molecule has 0 unspecified atom stereocenters. The maximum absolute atomic E-state index is 4.25. The molecular formula is C13H26IN5S. The summed E-state index contributed by atoms with van der Waals surface area (Å²) in [5.41, 5.74) is 1.19. The van der Waals surface area contributed by atoms with Gasteiger partial charge in [0.05, 0.1) is 12.7 Å². The lowest BCUT2D eigenvalue weighted by Gasteiger charge is -2.11. The van der Waals surface area contributed by atoms with E-state index in [0.29, 0.717) is 0 Å². The first-order chi connectivity index (χ1) is 9.26. The Labute approximate surface area is 143 Å². The number of rotatable bonds is 8. The summed E-state index contributed by atoms with van der Waals surface area (Å²) < 4.78 is 1.94. The number of nitrogens with zero attached hydrogens (tertiary/aromatic N) is 3. The summed E-state index contributed by atoms with van der Waals surface area (Å²) in [4.78, 5) is 4.20. The third kappa shape index (κ3) is 8.68. The number of aryl methyl sites for hydroxylation is 1. The maximum Gasteiger partial charge on any atom is 0.191 e. The van der Waals surface area contributed by atoms with Crippen LogP contribution in [0.5, 0.6) is 0 Å². The molecule has 1 heterocycles. The molecule has 1 rings (SSSR count). The molecule has 0 bridgehead atoms. The van der Waals surface area contributed by atoms with Crippen LogP contribution in [0.1, 0.15) is 18.4 Å². The number of unbranched alkanes of at least 4 members (excludes halogenated alkanes) is 1. The summed E-state index contributed by atoms with van der Waals surface area (Å²) in [5.74, 6) is 2.10. The fraction of sp³-hybridized carbons (Fsp3) is 0.692. The second-order valence-electron chi connectivity index (χ2n) is 4.41. The molecule has 0 aliphatic rings. The largest absolute Gasteiger partial charge is 0.356 e. The van der Waals surface area contributed by atoms with Crippen molar-refractivity contribution in [2.75, 3.05) is 32.1 Å². The van der Waals surface area contributed by atoms with Gasteiger partial charge < -0.3 is 10.6 Å². The summed E-state index contributed by atoms with van der Waals surface area (Å²) >= 11 is 1.90. The topological polar surface area (TPSA) is 54.2 Å². The predicted octanol–water partition coefficient (Wildman–Crippen LogP) is 2.12. The quantitative estimate of drug-likeness (QED) is 0.298. The fourth-order valence-electron chi connectivity index (χ4n) is 1.68. The summed E-state index contributed by atoms with van der Waals surface area (Å²) in [5, 5.41) is 10.9. The van der Waals surface area contributed by atoms with Crippen LogP contribution in [0.15, 0.2) is 17.4 Å². The first-order valence-electron chi connectivity index (χ1n) is 6.68. The van der Waals surface area contributed by atoms with Gasteiger partial charge in [0, 0.05) is 26.3 Å². The highest BCUT2D eigenvalue weighted by atomic mass is 127. The van der Waals surface area contributed by atoms with Gasteiger partial charge in [-0.15, -0.1) is 24.0 Å². The number of halogens is 1. The molecule has 1 aromatic rings. The molecule has 5 nitrogen and oxygen atoms in total. The molecule has 1 aromatic heterocycles. The van der Waals surface area contributed by atoms with Crippen LogP contribution in [0.25, 0.3) is 0 Å². The fourth-order valence-corrected chi connectivity index (χ4v) is 2.17. The van der Waals surface area contributed by atoms with Crippen molar-refractivity contribution in [3.8, 4) is 0 Å². The molecule has 2 N–H and O–H groups in total. The van der Waals surface area contributed by atoms with Crippen molar-refractivity contribution in [3.63, 3.8) is 0 Å². The van der Waals surface area contributed by atoms with Crippen LogP contribution < -0.4 is 10.6 Å². The number of thioether (sulfide) groups is 1. The molecule has 0 atom stereocenters. The first kappa shape index (κ1) is 19.6. The summed E-state index contributed by atoms with van der Waals surface area (Å²) in [6, 6.07) is 0. The molecule has 116 valence electrons. The smallest absolute Gasteiger partial charge is 0.191 e. The van der Waals surface area contributed by atoms with Crippen molar-refractivity contribution < 1.29 is 0 Å². The number of hydrogen-bond acceptors (Lipinski definition) is 3. The minimum atomic E-state index is 0. The maximum atomic E-state index is 4.25. The molecule has 0 aromatic carbocycles. The molecule has 7 heteroatoms. The highest BCUT2D eigenvalue weighted by Crippen LogP contribution is 1.97. The molecule has 0 spiro atoms. The van der Waals surface area contributed by atoms with Crippen molar-refractivity contribution in [1.29, 1.82) is 0 Å². The van der Waals surface area contributed by atoms with E-state index < -0.39 is 0 Å². The normalized spacial score (nSPS) is 11.1. The van der Waals surface area contributed by atoms with Crippen molar-refractivity contribution in [2.24, 2.45) is 4.99 Å². The van der Waals surface area contributed by atoms with E-state index >= 15 is 0 Å². The van der Waals surface area contributed by atoms with Crippen LogP contribution in [0.2, 0.25) is 0 Å². The summed E-state index contributed by atoms with van der Waals surface area (Å²) in [6.45, 7) is 4.69. The number of aliphatic imine (C=N–C) groups is 1. The van der Waals surface area contributed by atoms with Crippen molar-refractivity contribution in [3.05, 3.63) is 18.0 Å². The number of hydrogen-bond donors (Lipinski definition) is 2. The lowest BCUT2D eigenvalue weighted by molar-refractivity contribution is 0.596. The third-order valence-corrected chi connectivity index (χ3v) is 3.38.